The minimum Gasteiger partial charge on any atom is -0.459 e. The zero-order chi connectivity index (χ0) is 24.6. The highest BCUT2D eigenvalue weighted by atomic mass is 35.5. The van der Waals surface area contributed by atoms with Gasteiger partial charge in [-0.1, -0.05) is 48.9 Å². The Labute approximate surface area is 209 Å². The number of halogens is 1. The van der Waals surface area contributed by atoms with E-state index >= 15 is 0 Å². The van der Waals surface area contributed by atoms with Gasteiger partial charge in [0.05, 0.1) is 17.1 Å². The molecule has 0 radical (unpaired) electrons. The van der Waals surface area contributed by atoms with Crippen LogP contribution in [0.25, 0.3) is 0 Å². The molecule has 35 heavy (non-hydrogen) atoms. The lowest BCUT2D eigenvalue weighted by Gasteiger charge is -2.43. The second-order valence-corrected chi connectivity index (χ2v) is 11.0. The van der Waals surface area contributed by atoms with E-state index in [1.807, 2.05) is 61.5 Å². The predicted octanol–water partition coefficient (Wildman–Crippen LogP) is 4.81. The number of benzene rings is 2. The molecule has 1 unspecified atom stereocenters. The average molecular weight is 494 g/mol. The molecule has 0 amide bonds. The summed E-state index contributed by atoms with van der Waals surface area (Å²) < 4.78 is 6.04. The largest absolute Gasteiger partial charge is 0.459 e. The van der Waals surface area contributed by atoms with Crippen molar-refractivity contribution in [3.05, 3.63) is 77.3 Å². The van der Waals surface area contributed by atoms with Crippen molar-refractivity contribution >= 4 is 29.0 Å². The number of nitrogens with zero attached hydrogens (tertiary/aromatic N) is 1. The standard InChI is InChI=1S/C28H28ClNO5/c1-17-8-13-21-24(26(2)23(31)14-15-28(17,26)33)34-25(32)27(21)16-22(18-9-11-19(29)12-10-18)30(35-27)20-6-4-3-5-7-20/h3-7,9-12,14-15,17,21-22,24,33H,8,13,16H2,1-2H3/t17-,21+,22?,24+,26-,27-,28+/m0/s1. The Morgan fingerprint density at radius 2 is 1.77 bits per heavy atom. The van der Waals surface area contributed by atoms with Crippen LogP contribution in [0.2, 0.25) is 5.02 Å². The number of esters is 1. The molecular weight excluding hydrogens is 466 g/mol. The summed E-state index contributed by atoms with van der Waals surface area (Å²) in [7, 11) is 0. The van der Waals surface area contributed by atoms with Crippen LogP contribution < -0.4 is 5.06 Å². The second kappa shape index (κ2) is 7.66. The zero-order valence-electron chi connectivity index (χ0n) is 19.7. The van der Waals surface area contributed by atoms with E-state index in [9.17, 15) is 14.7 Å². The topological polar surface area (TPSA) is 76.1 Å². The number of hydrogen-bond acceptors (Lipinski definition) is 6. The highest BCUT2D eigenvalue weighted by Crippen LogP contribution is 2.61. The van der Waals surface area contributed by atoms with Crippen LogP contribution in [0.15, 0.2) is 66.7 Å². The van der Waals surface area contributed by atoms with Crippen molar-refractivity contribution in [2.24, 2.45) is 17.3 Å². The number of allylic oxidation sites excluding steroid dienone is 1. The first kappa shape index (κ1) is 22.8. The Bertz CT molecular complexity index is 1220. The Hall–Kier alpha value is -2.67. The lowest BCUT2D eigenvalue weighted by molar-refractivity contribution is -0.169. The van der Waals surface area contributed by atoms with Crippen LogP contribution in [0.4, 0.5) is 5.69 Å². The maximum atomic E-state index is 13.7. The van der Waals surface area contributed by atoms with E-state index in [0.717, 1.165) is 11.3 Å². The normalized spacial score (nSPS) is 40.1. The van der Waals surface area contributed by atoms with Gasteiger partial charge in [0.2, 0.25) is 5.60 Å². The van der Waals surface area contributed by atoms with E-state index in [-0.39, 0.29) is 23.7 Å². The molecule has 6 rings (SSSR count). The Kier molecular flexibility index (Phi) is 4.99. The minimum atomic E-state index is -1.37. The van der Waals surface area contributed by atoms with Crippen molar-refractivity contribution < 1.29 is 24.3 Å². The van der Waals surface area contributed by atoms with E-state index in [1.165, 1.54) is 6.08 Å². The molecule has 2 heterocycles. The highest BCUT2D eigenvalue weighted by molar-refractivity contribution is 6.30. The number of fused-ring (bicyclic) bond motifs is 4. The number of rotatable bonds is 2. The van der Waals surface area contributed by atoms with E-state index in [0.29, 0.717) is 24.3 Å². The van der Waals surface area contributed by atoms with Crippen LogP contribution in [-0.2, 0) is 19.2 Å². The molecule has 4 aliphatic rings. The number of aliphatic hydroxyl groups is 1. The van der Waals surface area contributed by atoms with Gasteiger partial charge in [-0.15, -0.1) is 0 Å². The molecular formula is C28H28ClNO5. The van der Waals surface area contributed by atoms with Crippen LogP contribution in [0.1, 0.15) is 44.7 Å². The predicted molar refractivity (Wildman–Crippen MR) is 131 cm³/mol. The van der Waals surface area contributed by atoms with Crippen molar-refractivity contribution in [3.63, 3.8) is 0 Å². The molecule has 3 fully saturated rings. The van der Waals surface area contributed by atoms with Gasteiger partial charge in [-0.05, 0) is 67.7 Å². The average Bonchev–Trinajstić information content (AvgIpc) is 3.45. The number of carbonyl (C=O) groups is 2. The maximum Gasteiger partial charge on any atom is 0.342 e. The van der Waals surface area contributed by atoms with Gasteiger partial charge in [-0.2, -0.15) is 0 Å². The molecule has 182 valence electrons. The number of anilines is 1. The molecule has 1 N–H and O–H groups in total. The van der Waals surface area contributed by atoms with E-state index in [1.54, 1.807) is 18.1 Å². The molecule has 2 aliphatic carbocycles. The first-order valence-electron chi connectivity index (χ1n) is 12.2. The third kappa shape index (κ3) is 2.97. The fraction of sp³-hybridized carbons (Fsp3) is 0.429. The van der Waals surface area contributed by atoms with Crippen LogP contribution in [-0.4, -0.2) is 34.2 Å². The van der Waals surface area contributed by atoms with Gasteiger partial charge in [0.15, 0.2) is 5.78 Å². The molecule has 7 atom stereocenters. The molecule has 2 aromatic carbocycles. The van der Waals surface area contributed by atoms with Crippen LogP contribution >= 0.6 is 11.6 Å². The molecule has 1 saturated carbocycles. The third-order valence-electron chi connectivity index (χ3n) is 8.91. The summed E-state index contributed by atoms with van der Waals surface area (Å²) in [5.74, 6) is -1.23. The first-order valence-corrected chi connectivity index (χ1v) is 12.5. The monoisotopic (exact) mass is 493 g/mol. The van der Waals surface area contributed by atoms with Gasteiger partial charge in [-0.3, -0.25) is 9.63 Å². The number of hydroxylamine groups is 1. The lowest BCUT2D eigenvalue weighted by atomic mass is 9.63. The number of hydrogen-bond donors (Lipinski definition) is 1. The molecule has 7 heteroatoms. The molecule has 0 bridgehead atoms. The first-order chi connectivity index (χ1) is 16.7. The summed E-state index contributed by atoms with van der Waals surface area (Å²) in [5, 5.41) is 14.1. The van der Waals surface area contributed by atoms with Crippen LogP contribution in [0.5, 0.6) is 0 Å². The number of para-hydroxylation sites is 1. The van der Waals surface area contributed by atoms with Crippen molar-refractivity contribution in [2.45, 2.75) is 56.5 Å². The zero-order valence-corrected chi connectivity index (χ0v) is 20.4. The van der Waals surface area contributed by atoms with Gasteiger partial charge >= 0.3 is 5.97 Å². The summed E-state index contributed by atoms with van der Waals surface area (Å²) in [5.41, 5.74) is -2.10. The molecule has 2 aliphatic heterocycles. The summed E-state index contributed by atoms with van der Waals surface area (Å²) in [4.78, 5) is 33.5. The fourth-order valence-electron chi connectivity index (χ4n) is 6.77. The smallest absolute Gasteiger partial charge is 0.342 e. The second-order valence-electron chi connectivity index (χ2n) is 10.5. The minimum absolute atomic E-state index is 0.171. The quantitative estimate of drug-likeness (QED) is 0.605. The molecule has 6 nitrogen and oxygen atoms in total. The number of ketones is 1. The number of ether oxygens (including phenoxy) is 1. The van der Waals surface area contributed by atoms with Gasteiger partial charge in [0.25, 0.3) is 0 Å². The maximum absolute atomic E-state index is 13.7. The van der Waals surface area contributed by atoms with Crippen LogP contribution in [0.3, 0.4) is 0 Å². The number of carbonyl (C=O) groups excluding carboxylic acids is 2. The molecule has 1 spiro atoms. The van der Waals surface area contributed by atoms with Gasteiger partial charge in [-0.25, -0.2) is 9.86 Å². The van der Waals surface area contributed by atoms with Gasteiger partial charge in [0.1, 0.15) is 11.7 Å². The molecule has 0 aromatic heterocycles. The van der Waals surface area contributed by atoms with Crippen molar-refractivity contribution in [3.8, 4) is 0 Å². The Morgan fingerprint density at radius 1 is 1.06 bits per heavy atom. The van der Waals surface area contributed by atoms with Crippen molar-refractivity contribution in [2.75, 3.05) is 5.06 Å². The van der Waals surface area contributed by atoms with Gasteiger partial charge in [0, 0.05) is 17.4 Å². The van der Waals surface area contributed by atoms with E-state index in [2.05, 4.69) is 0 Å². The Balaban J connectivity index is 1.46. The summed E-state index contributed by atoms with van der Waals surface area (Å²) in [6, 6.07) is 17.0. The van der Waals surface area contributed by atoms with Crippen molar-refractivity contribution in [1.29, 1.82) is 0 Å². The summed E-state index contributed by atoms with van der Waals surface area (Å²) >= 11 is 6.15. The van der Waals surface area contributed by atoms with E-state index in [4.69, 9.17) is 21.2 Å². The summed E-state index contributed by atoms with van der Waals surface area (Å²) in [6.45, 7) is 3.70. The lowest BCUT2D eigenvalue weighted by Crippen LogP contribution is -2.57. The summed E-state index contributed by atoms with van der Waals surface area (Å²) in [6.07, 6.45) is 3.88. The molecule has 2 saturated heterocycles. The van der Waals surface area contributed by atoms with Gasteiger partial charge < -0.3 is 9.84 Å². The third-order valence-corrected chi connectivity index (χ3v) is 9.17. The SMILES string of the molecule is C[C@H]1CC[C@@H]2[C@@H](OC(=O)[C@]23CC(c2ccc(Cl)cc2)N(c2ccccc2)O3)[C@]2(C)C(=O)C=C[C@@]12O. The highest BCUT2D eigenvalue weighted by Gasteiger charge is 2.74. The van der Waals surface area contributed by atoms with E-state index < -0.39 is 28.7 Å². The van der Waals surface area contributed by atoms with Crippen LogP contribution in [0, 0.1) is 17.3 Å². The fourth-order valence-corrected chi connectivity index (χ4v) is 6.90. The van der Waals surface area contributed by atoms with Crippen molar-refractivity contribution in [1.82, 2.24) is 0 Å². The Morgan fingerprint density at radius 3 is 2.49 bits per heavy atom. The molecule has 2 aromatic rings.